The summed E-state index contributed by atoms with van der Waals surface area (Å²) in [4.78, 5) is 39.7. The number of esters is 1. The molecule has 0 aromatic heterocycles. The topological polar surface area (TPSA) is 94.2 Å². The summed E-state index contributed by atoms with van der Waals surface area (Å²) < 4.78 is 16.0. The van der Waals surface area contributed by atoms with E-state index in [1.54, 1.807) is 43.2 Å². The van der Waals surface area contributed by atoms with Gasteiger partial charge in [0.05, 0.1) is 44.4 Å². The van der Waals surface area contributed by atoms with E-state index in [4.69, 9.17) is 14.2 Å². The molecule has 0 radical (unpaired) electrons. The molecule has 2 aromatic carbocycles. The van der Waals surface area contributed by atoms with Crippen molar-refractivity contribution in [1.82, 2.24) is 5.32 Å². The monoisotopic (exact) mass is 454 g/mol. The van der Waals surface area contributed by atoms with E-state index in [0.29, 0.717) is 23.8 Å². The van der Waals surface area contributed by atoms with Crippen LogP contribution in [0.5, 0.6) is 11.5 Å². The van der Waals surface area contributed by atoms with Gasteiger partial charge in [0.2, 0.25) is 11.8 Å². The molecular weight excluding hydrogens is 424 g/mol. The third-order valence-electron chi connectivity index (χ3n) is 5.44. The maximum absolute atomic E-state index is 13.2. The van der Waals surface area contributed by atoms with E-state index in [2.05, 4.69) is 5.32 Å². The molecular formula is C25H30N2O6. The zero-order valence-corrected chi connectivity index (χ0v) is 19.2. The van der Waals surface area contributed by atoms with Crippen molar-refractivity contribution >= 4 is 23.5 Å². The minimum atomic E-state index is -0.605. The van der Waals surface area contributed by atoms with Gasteiger partial charge in [-0.15, -0.1) is 0 Å². The first-order valence-corrected chi connectivity index (χ1v) is 11.1. The average molecular weight is 455 g/mol. The molecule has 2 atom stereocenters. The highest BCUT2D eigenvalue weighted by Gasteiger charge is 2.37. The Morgan fingerprint density at radius 2 is 1.91 bits per heavy atom. The summed E-state index contributed by atoms with van der Waals surface area (Å²) in [5, 5.41) is 2.94. The van der Waals surface area contributed by atoms with Crippen LogP contribution in [0.4, 0.5) is 5.69 Å². The van der Waals surface area contributed by atoms with Crippen LogP contribution in [-0.2, 0) is 19.1 Å². The molecule has 8 nitrogen and oxygen atoms in total. The fourth-order valence-corrected chi connectivity index (χ4v) is 3.86. The minimum absolute atomic E-state index is 0.0235. The van der Waals surface area contributed by atoms with Gasteiger partial charge in [-0.25, -0.2) is 0 Å². The highest BCUT2D eigenvalue weighted by atomic mass is 16.5. The molecule has 0 spiro atoms. The lowest BCUT2D eigenvalue weighted by Gasteiger charge is -2.22. The Morgan fingerprint density at radius 3 is 2.64 bits per heavy atom. The third kappa shape index (κ3) is 6.03. The van der Waals surface area contributed by atoms with E-state index in [1.165, 1.54) is 0 Å². The summed E-state index contributed by atoms with van der Waals surface area (Å²) in [5.41, 5.74) is 1.37. The first-order chi connectivity index (χ1) is 16.0. The number of hydrogen-bond donors (Lipinski definition) is 1. The minimum Gasteiger partial charge on any atom is -0.497 e. The lowest BCUT2D eigenvalue weighted by molar-refractivity contribution is -0.144. The Labute approximate surface area is 193 Å². The molecule has 2 aromatic rings. The smallest absolute Gasteiger partial charge is 0.308 e. The van der Waals surface area contributed by atoms with Crippen LogP contribution in [0.15, 0.2) is 48.5 Å². The van der Waals surface area contributed by atoms with Crippen LogP contribution >= 0.6 is 0 Å². The Morgan fingerprint density at radius 1 is 1.12 bits per heavy atom. The first kappa shape index (κ1) is 24.1. The molecule has 0 saturated carbocycles. The van der Waals surface area contributed by atoms with E-state index in [1.807, 2.05) is 31.2 Å². The summed E-state index contributed by atoms with van der Waals surface area (Å²) in [7, 11) is 1.55. The van der Waals surface area contributed by atoms with Crippen LogP contribution in [0.25, 0.3) is 0 Å². The molecule has 2 amide bonds. The normalized spacial score (nSPS) is 16.3. The van der Waals surface area contributed by atoms with Crippen LogP contribution in [0.1, 0.15) is 38.3 Å². The van der Waals surface area contributed by atoms with Crippen molar-refractivity contribution in [3.63, 3.8) is 0 Å². The summed E-state index contributed by atoms with van der Waals surface area (Å²) in [6, 6.07) is 13.8. The SMILES string of the molecule is CCOC(=O)CC(NC(=O)C1CC(=O)N(c2ccccc2OCC)C1)c1cccc(OC)c1. The Kier molecular flexibility index (Phi) is 8.29. The molecule has 1 N–H and O–H groups in total. The zero-order chi connectivity index (χ0) is 23.8. The highest BCUT2D eigenvalue weighted by Crippen LogP contribution is 2.33. The molecule has 1 aliphatic rings. The third-order valence-corrected chi connectivity index (χ3v) is 5.44. The van der Waals surface area contributed by atoms with Gasteiger partial charge < -0.3 is 24.4 Å². The Hall–Kier alpha value is -3.55. The lowest BCUT2D eigenvalue weighted by atomic mass is 10.0. The second-order valence-corrected chi connectivity index (χ2v) is 7.65. The van der Waals surface area contributed by atoms with Gasteiger partial charge in [-0.3, -0.25) is 14.4 Å². The van der Waals surface area contributed by atoms with Gasteiger partial charge >= 0.3 is 5.97 Å². The van der Waals surface area contributed by atoms with E-state index in [0.717, 1.165) is 5.56 Å². The number of carbonyl (C=O) groups excluding carboxylic acids is 3. The zero-order valence-electron chi connectivity index (χ0n) is 19.2. The molecule has 176 valence electrons. The van der Waals surface area contributed by atoms with E-state index in [-0.39, 0.29) is 37.8 Å². The molecule has 1 heterocycles. The lowest BCUT2D eigenvalue weighted by Crippen LogP contribution is -2.36. The van der Waals surface area contributed by atoms with Gasteiger partial charge in [0.1, 0.15) is 11.5 Å². The van der Waals surface area contributed by atoms with Crippen LogP contribution in [0.2, 0.25) is 0 Å². The molecule has 33 heavy (non-hydrogen) atoms. The van der Waals surface area contributed by atoms with Gasteiger partial charge in [0.15, 0.2) is 0 Å². The molecule has 1 aliphatic heterocycles. The van der Waals surface area contributed by atoms with Crippen molar-refractivity contribution in [3.05, 3.63) is 54.1 Å². The summed E-state index contributed by atoms with van der Waals surface area (Å²) in [6.45, 7) is 4.57. The fraction of sp³-hybridized carbons (Fsp3) is 0.400. The molecule has 2 unspecified atom stereocenters. The summed E-state index contributed by atoms with van der Waals surface area (Å²) in [5.74, 6) is -0.193. The van der Waals surface area contributed by atoms with Crippen molar-refractivity contribution in [1.29, 1.82) is 0 Å². The number of rotatable bonds is 10. The standard InChI is InChI=1S/C25H30N2O6/c1-4-32-22-12-7-6-11-21(22)27-16-18(14-23(27)28)25(30)26-20(15-24(29)33-5-2)17-9-8-10-19(13-17)31-3/h6-13,18,20H,4-5,14-16H2,1-3H3,(H,26,30). The number of carbonyl (C=O) groups is 3. The van der Waals surface area contributed by atoms with Crippen molar-refractivity contribution < 1.29 is 28.6 Å². The second kappa shape index (κ2) is 11.4. The molecule has 8 heteroatoms. The number of benzene rings is 2. The largest absolute Gasteiger partial charge is 0.497 e. The molecule has 0 bridgehead atoms. The number of nitrogens with one attached hydrogen (secondary N) is 1. The Bertz CT molecular complexity index is 992. The highest BCUT2D eigenvalue weighted by molar-refractivity contribution is 6.01. The van der Waals surface area contributed by atoms with Crippen LogP contribution in [-0.4, -0.2) is 44.7 Å². The van der Waals surface area contributed by atoms with Crippen LogP contribution in [0.3, 0.4) is 0 Å². The van der Waals surface area contributed by atoms with E-state index < -0.39 is 17.9 Å². The molecule has 1 fully saturated rings. The second-order valence-electron chi connectivity index (χ2n) is 7.65. The van der Waals surface area contributed by atoms with Gasteiger partial charge in [-0.05, 0) is 43.7 Å². The fourth-order valence-electron chi connectivity index (χ4n) is 3.86. The molecule has 0 aliphatic carbocycles. The van der Waals surface area contributed by atoms with Gasteiger partial charge in [-0.2, -0.15) is 0 Å². The Balaban J connectivity index is 1.76. The van der Waals surface area contributed by atoms with Crippen LogP contribution in [0, 0.1) is 5.92 Å². The van der Waals surface area contributed by atoms with Gasteiger partial charge in [0.25, 0.3) is 0 Å². The quantitative estimate of drug-likeness (QED) is 0.554. The number of nitrogens with zero attached hydrogens (tertiary/aromatic N) is 1. The summed E-state index contributed by atoms with van der Waals surface area (Å²) in [6.07, 6.45) is 0.0564. The maximum Gasteiger partial charge on any atom is 0.308 e. The first-order valence-electron chi connectivity index (χ1n) is 11.1. The van der Waals surface area contributed by atoms with Crippen LogP contribution < -0.4 is 19.7 Å². The predicted octanol–water partition coefficient (Wildman–Crippen LogP) is 3.26. The molecule has 3 rings (SSSR count). The maximum atomic E-state index is 13.2. The van der Waals surface area contributed by atoms with E-state index >= 15 is 0 Å². The van der Waals surface area contributed by atoms with E-state index in [9.17, 15) is 14.4 Å². The van der Waals surface area contributed by atoms with Gasteiger partial charge in [0, 0.05) is 13.0 Å². The predicted molar refractivity (Wildman–Crippen MR) is 123 cm³/mol. The number of anilines is 1. The van der Waals surface area contributed by atoms with Crippen molar-refractivity contribution in [2.75, 3.05) is 31.8 Å². The summed E-state index contributed by atoms with van der Waals surface area (Å²) >= 11 is 0. The van der Waals surface area contributed by atoms with Gasteiger partial charge in [-0.1, -0.05) is 24.3 Å². The average Bonchev–Trinajstić information content (AvgIpc) is 3.21. The number of para-hydroxylation sites is 2. The molecule has 1 saturated heterocycles. The van der Waals surface area contributed by atoms with Crippen molar-refractivity contribution in [2.24, 2.45) is 5.92 Å². The number of amides is 2. The number of methoxy groups -OCH3 is 1. The number of ether oxygens (including phenoxy) is 3. The van der Waals surface area contributed by atoms with Crippen molar-refractivity contribution in [3.8, 4) is 11.5 Å². The number of hydrogen-bond acceptors (Lipinski definition) is 6. The van der Waals surface area contributed by atoms with Crippen molar-refractivity contribution in [2.45, 2.75) is 32.7 Å².